The third-order valence-corrected chi connectivity index (χ3v) is 2.60. The van der Waals surface area contributed by atoms with Crippen molar-refractivity contribution in [2.24, 2.45) is 5.73 Å². The van der Waals surface area contributed by atoms with E-state index in [2.05, 4.69) is 0 Å². The van der Waals surface area contributed by atoms with E-state index < -0.39 is 0 Å². The Hall–Kier alpha value is -1.26. The molecule has 1 aromatic rings. The molecule has 0 aliphatic carbocycles. The first-order valence-corrected chi connectivity index (χ1v) is 5.21. The number of hydrogen-bond acceptors (Lipinski definition) is 4. The molecule has 1 aromatic carbocycles. The molecule has 0 bridgehead atoms. The minimum Gasteiger partial charge on any atom is -0.496 e. The van der Waals surface area contributed by atoms with Crippen LogP contribution >= 0.6 is 0 Å². The van der Waals surface area contributed by atoms with Gasteiger partial charge in [0.15, 0.2) is 0 Å². The van der Waals surface area contributed by atoms with E-state index in [0.717, 1.165) is 11.1 Å². The summed E-state index contributed by atoms with van der Waals surface area (Å²) in [6.45, 7) is 2.30. The first kappa shape index (κ1) is 12.8. The fourth-order valence-electron chi connectivity index (χ4n) is 1.76. The van der Waals surface area contributed by atoms with Crippen molar-refractivity contribution in [2.45, 2.75) is 12.8 Å². The minimum atomic E-state index is -0.162. The lowest BCUT2D eigenvalue weighted by molar-refractivity contribution is 0.260. The highest BCUT2D eigenvalue weighted by molar-refractivity contribution is 5.50. The van der Waals surface area contributed by atoms with Gasteiger partial charge < -0.3 is 20.3 Å². The van der Waals surface area contributed by atoms with E-state index in [-0.39, 0.29) is 12.5 Å². The Morgan fingerprint density at radius 1 is 1.25 bits per heavy atom. The molecule has 4 heteroatoms. The van der Waals surface area contributed by atoms with Gasteiger partial charge in [0, 0.05) is 18.0 Å². The molecule has 0 fully saturated rings. The molecule has 0 aromatic heterocycles. The van der Waals surface area contributed by atoms with Crippen LogP contribution < -0.4 is 15.2 Å². The second kappa shape index (κ2) is 5.72. The summed E-state index contributed by atoms with van der Waals surface area (Å²) in [6.07, 6.45) is 0. The van der Waals surface area contributed by atoms with Crippen molar-refractivity contribution in [3.05, 3.63) is 23.3 Å². The quantitative estimate of drug-likeness (QED) is 0.786. The molecule has 1 atom stereocenters. The summed E-state index contributed by atoms with van der Waals surface area (Å²) in [5.41, 5.74) is 7.51. The molecule has 3 N–H and O–H groups in total. The first-order valence-electron chi connectivity index (χ1n) is 5.21. The molecule has 16 heavy (non-hydrogen) atoms. The van der Waals surface area contributed by atoms with Gasteiger partial charge >= 0.3 is 0 Å². The molecule has 0 radical (unpaired) electrons. The van der Waals surface area contributed by atoms with Gasteiger partial charge in [-0.3, -0.25) is 0 Å². The van der Waals surface area contributed by atoms with Gasteiger partial charge in [-0.2, -0.15) is 0 Å². The summed E-state index contributed by atoms with van der Waals surface area (Å²) >= 11 is 0. The van der Waals surface area contributed by atoms with Gasteiger partial charge in [0.25, 0.3) is 0 Å². The van der Waals surface area contributed by atoms with Gasteiger partial charge in [-0.25, -0.2) is 0 Å². The highest BCUT2D eigenvalue weighted by Crippen LogP contribution is 2.35. The highest BCUT2D eigenvalue weighted by atomic mass is 16.5. The standard InChI is InChI=1S/C12H19NO3/c1-8-4-10(15-2)12(9(6-13)7-14)11(5-8)16-3/h4-5,9,14H,6-7,13H2,1-3H3. The number of hydrogen-bond donors (Lipinski definition) is 2. The highest BCUT2D eigenvalue weighted by Gasteiger charge is 2.19. The van der Waals surface area contributed by atoms with Crippen molar-refractivity contribution in [2.75, 3.05) is 27.4 Å². The summed E-state index contributed by atoms with van der Waals surface area (Å²) in [5.74, 6) is 1.26. The monoisotopic (exact) mass is 225 g/mol. The first-order chi connectivity index (χ1) is 7.67. The zero-order chi connectivity index (χ0) is 12.1. The van der Waals surface area contributed by atoms with Gasteiger partial charge in [0.1, 0.15) is 11.5 Å². The van der Waals surface area contributed by atoms with E-state index in [4.69, 9.17) is 15.2 Å². The van der Waals surface area contributed by atoms with E-state index in [1.54, 1.807) is 14.2 Å². The summed E-state index contributed by atoms with van der Waals surface area (Å²) in [7, 11) is 3.20. The lowest BCUT2D eigenvalue weighted by Gasteiger charge is -2.20. The maximum absolute atomic E-state index is 9.30. The van der Waals surface area contributed by atoms with Gasteiger partial charge in [0.05, 0.1) is 20.8 Å². The Bertz CT molecular complexity index is 323. The van der Waals surface area contributed by atoms with Crippen LogP contribution in [-0.2, 0) is 0 Å². The van der Waals surface area contributed by atoms with Crippen LogP contribution in [0.5, 0.6) is 11.5 Å². The zero-order valence-electron chi connectivity index (χ0n) is 9.99. The van der Waals surface area contributed by atoms with Crippen LogP contribution in [0.15, 0.2) is 12.1 Å². The third kappa shape index (κ3) is 2.46. The number of methoxy groups -OCH3 is 2. The second-order valence-corrected chi connectivity index (χ2v) is 3.70. The Balaban J connectivity index is 3.31. The van der Waals surface area contributed by atoms with E-state index in [0.29, 0.717) is 18.0 Å². The van der Waals surface area contributed by atoms with Crippen LogP contribution in [0.25, 0.3) is 0 Å². The molecule has 1 rings (SSSR count). The average molecular weight is 225 g/mol. The molecule has 0 heterocycles. The van der Waals surface area contributed by atoms with Crippen LogP contribution in [0.1, 0.15) is 17.0 Å². The van der Waals surface area contributed by atoms with Crippen molar-refractivity contribution < 1.29 is 14.6 Å². The number of rotatable bonds is 5. The number of aliphatic hydroxyl groups excluding tert-OH is 1. The predicted octanol–water partition coefficient (Wildman–Crippen LogP) is 1.05. The SMILES string of the molecule is COc1cc(C)cc(OC)c1C(CN)CO. The third-order valence-electron chi connectivity index (χ3n) is 2.60. The van der Waals surface area contributed by atoms with Crippen molar-refractivity contribution in [1.29, 1.82) is 0 Å². The Labute approximate surface area is 96.0 Å². The summed E-state index contributed by atoms with van der Waals surface area (Å²) in [6, 6.07) is 3.83. The lowest BCUT2D eigenvalue weighted by atomic mass is 9.96. The Kier molecular flexibility index (Phi) is 4.58. The molecule has 0 aliphatic heterocycles. The maximum atomic E-state index is 9.30. The largest absolute Gasteiger partial charge is 0.496 e. The molecule has 4 nitrogen and oxygen atoms in total. The second-order valence-electron chi connectivity index (χ2n) is 3.70. The molecule has 0 spiro atoms. The maximum Gasteiger partial charge on any atom is 0.126 e. The van der Waals surface area contributed by atoms with Crippen LogP contribution in [0, 0.1) is 6.92 Å². The topological polar surface area (TPSA) is 64.7 Å². The normalized spacial score (nSPS) is 12.3. The van der Waals surface area contributed by atoms with Crippen molar-refractivity contribution in [3.8, 4) is 11.5 Å². The minimum absolute atomic E-state index is 0.0215. The number of ether oxygens (including phenoxy) is 2. The smallest absolute Gasteiger partial charge is 0.126 e. The summed E-state index contributed by atoms with van der Waals surface area (Å²) < 4.78 is 10.6. The van der Waals surface area contributed by atoms with Crippen LogP contribution in [-0.4, -0.2) is 32.5 Å². The number of aryl methyl sites for hydroxylation is 1. The van der Waals surface area contributed by atoms with Gasteiger partial charge in [-0.05, 0) is 24.6 Å². The fraction of sp³-hybridized carbons (Fsp3) is 0.500. The Morgan fingerprint density at radius 2 is 1.75 bits per heavy atom. The van der Waals surface area contributed by atoms with Crippen LogP contribution in [0.2, 0.25) is 0 Å². The summed E-state index contributed by atoms with van der Waals surface area (Å²) in [4.78, 5) is 0. The molecule has 1 unspecified atom stereocenters. The molecule has 0 saturated heterocycles. The average Bonchev–Trinajstić information content (AvgIpc) is 2.31. The zero-order valence-corrected chi connectivity index (χ0v) is 9.99. The fourth-order valence-corrected chi connectivity index (χ4v) is 1.76. The Morgan fingerprint density at radius 3 is 2.06 bits per heavy atom. The molecular formula is C12H19NO3. The van der Waals surface area contributed by atoms with Crippen LogP contribution in [0.4, 0.5) is 0 Å². The van der Waals surface area contributed by atoms with Gasteiger partial charge in [-0.1, -0.05) is 0 Å². The van der Waals surface area contributed by atoms with E-state index in [9.17, 15) is 5.11 Å². The molecule has 90 valence electrons. The molecule has 0 amide bonds. The van der Waals surface area contributed by atoms with Crippen molar-refractivity contribution in [3.63, 3.8) is 0 Å². The molecule has 0 aliphatic rings. The molecule has 0 saturated carbocycles. The number of nitrogens with two attached hydrogens (primary N) is 1. The van der Waals surface area contributed by atoms with Gasteiger partial charge in [0.2, 0.25) is 0 Å². The van der Waals surface area contributed by atoms with E-state index in [1.165, 1.54) is 0 Å². The van der Waals surface area contributed by atoms with Crippen molar-refractivity contribution >= 4 is 0 Å². The molecular weight excluding hydrogens is 206 g/mol. The van der Waals surface area contributed by atoms with E-state index in [1.807, 2.05) is 19.1 Å². The summed E-state index contributed by atoms with van der Waals surface area (Å²) in [5, 5.41) is 9.30. The predicted molar refractivity (Wildman–Crippen MR) is 63.2 cm³/mol. The number of aliphatic hydroxyl groups is 1. The van der Waals surface area contributed by atoms with Crippen LogP contribution in [0.3, 0.4) is 0 Å². The number of benzene rings is 1. The lowest BCUT2D eigenvalue weighted by Crippen LogP contribution is -2.18. The van der Waals surface area contributed by atoms with Gasteiger partial charge in [-0.15, -0.1) is 0 Å². The van der Waals surface area contributed by atoms with Crippen molar-refractivity contribution in [1.82, 2.24) is 0 Å². The van der Waals surface area contributed by atoms with E-state index >= 15 is 0 Å².